The summed E-state index contributed by atoms with van der Waals surface area (Å²) in [5.74, 6) is -0.963. The van der Waals surface area contributed by atoms with Crippen molar-refractivity contribution in [2.24, 2.45) is 0 Å². The summed E-state index contributed by atoms with van der Waals surface area (Å²) in [6, 6.07) is 12.2. The molecule has 2 aromatic rings. The first-order valence-electron chi connectivity index (χ1n) is 4.87. The third-order valence-electron chi connectivity index (χ3n) is 2.38. The van der Waals surface area contributed by atoms with Crippen molar-refractivity contribution in [3.05, 3.63) is 57.5 Å². The van der Waals surface area contributed by atoms with Gasteiger partial charge in [0, 0.05) is 15.1 Å². The summed E-state index contributed by atoms with van der Waals surface area (Å²) in [5, 5.41) is 9.49. The second-order valence-corrected chi connectivity index (χ2v) is 4.74. The predicted octanol–water partition coefficient (Wildman–Crippen LogP) is 4.47. The summed E-state index contributed by atoms with van der Waals surface area (Å²) in [5.41, 5.74) is 1.81. The van der Waals surface area contributed by atoms with Gasteiger partial charge in [0.05, 0.1) is 5.56 Å². The van der Waals surface area contributed by atoms with E-state index in [1.54, 1.807) is 12.1 Å². The zero-order chi connectivity index (χ0) is 12.4. The molecule has 2 nitrogen and oxygen atoms in total. The van der Waals surface area contributed by atoms with Crippen LogP contribution in [-0.4, -0.2) is 11.1 Å². The third kappa shape index (κ3) is 2.51. The van der Waals surface area contributed by atoms with Crippen molar-refractivity contribution in [3.63, 3.8) is 0 Å². The number of hydrogen-bond acceptors (Lipinski definition) is 1. The molecule has 0 amide bonds. The minimum Gasteiger partial charge on any atom is -0.478 e. The smallest absolute Gasteiger partial charge is 0.335 e. The van der Waals surface area contributed by atoms with Gasteiger partial charge in [-0.15, -0.1) is 0 Å². The number of carboxylic acid groups (broad SMARTS) is 1. The van der Waals surface area contributed by atoms with Crippen LogP contribution in [0.15, 0.2) is 46.9 Å². The zero-order valence-electron chi connectivity index (χ0n) is 8.65. The Labute approximate surface area is 112 Å². The average molecular weight is 312 g/mol. The van der Waals surface area contributed by atoms with Crippen LogP contribution in [0.25, 0.3) is 11.1 Å². The van der Waals surface area contributed by atoms with Gasteiger partial charge < -0.3 is 5.11 Å². The molecule has 0 spiro atoms. The minimum atomic E-state index is -0.963. The van der Waals surface area contributed by atoms with E-state index in [-0.39, 0.29) is 5.56 Å². The molecule has 0 radical (unpaired) electrons. The van der Waals surface area contributed by atoms with E-state index in [9.17, 15) is 4.79 Å². The lowest BCUT2D eigenvalue weighted by atomic mass is 10.0. The van der Waals surface area contributed by atoms with Gasteiger partial charge in [-0.3, -0.25) is 0 Å². The predicted molar refractivity (Wildman–Crippen MR) is 71.5 cm³/mol. The maximum atomic E-state index is 10.9. The van der Waals surface area contributed by atoms with E-state index < -0.39 is 5.97 Å². The first-order valence-corrected chi connectivity index (χ1v) is 6.04. The van der Waals surface area contributed by atoms with E-state index in [2.05, 4.69) is 15.9 Å². The highest BCUT2D eigenvalue weighted by Gasteiger charge is 2.10. The van der Waals surface area contributed by atoms with Crippen molar-refractivity contribution in [2.75, 3.05) is 0 Å². The number of aromatic carboxylic acids is 1. The van der Waals surface area contributed by atoms with Crippen molar-refractivity contribution < 1.29 is 9.90 Å². The summed E-state index contributed by atoms with van der Waals surface area (Å²) < 4.78 is 0.879. The second-order valence-electron chi connectivity index (χ2n) is 3.48. The van der Waals surface area contributed by atoms with Crippen molar-refractivity contribution in [1.82, 2.24) is 0 Å². The summed E-state index contributed by atoms with van der Waals surface area (Å²) in [6.45, 7) is 0. The van der Waals surface area contributed by atoms with E-state index >= 15 is 0 Å². The van der Waals surface area contributed by atoms with Crippen molar-refractivity contribution in [1.29, 1.82) is 0 Å². The van der Waals surface area contributed by atoms with Crippen molar-refractivity contribution in [3.8, 4) is 11.1 Å². The Morgan fingerprint density at radius 1 is 1.12 bits per heavy atom. The number of carboxylic acids is 1. The van der Waals surface area contributed by atoms with Gasteiger partial charge in [0.2, 0.25) is 0 Å². The molecule has 1 N–H and O–H groups in total. The Balaban J connectivity index is 2.63. The molecule has 0 heterocycles. The minimum absolute atomic E-state index is 0.222. The average Bonchev–Trinajstić information content (AvgIpc) is 2.30. The van der Waals surface area contributed by atoms with Gasteiger partial charge in [-0.25, -0.2) is 4.79 Å². The van der Waals surface area contributed by atoms with E-state index in [0.717, 1.165) is 10.0 Å². The molecule has 17 heavy (non-hydrogen) atoms. The standard InChI is InChI=1S/C13H8BrClO2/c14-11-4-2-1-3-9(11)10-7-8(13(16)17)5-6-12(10)15/h1-7H,(H,16,17). The van der Waals surface area contributed by atoms with Gasteiger partial charge in [-0.2, -0.15) is 0 Å². The molecule has 0 aromatic heterocycles. The maximum Gasteiger partial charge on any atom is 0.335 e. The molecule has 4 heteroatoms. The lowest BCUT2D eigenvalue weighted by Crippen LogP contribution is -1.96. The van der Waals surface area contributed by atoms with Crippen LogP contribution in [0.2, 0.25) is 5.02 Å². The van der Waals surface area contributed by atoms with E-state index in [4.69, 9.17) is 16.7 Å². The van der Waals surface area contributed by atoms with Gasteiger partial charge in [0.25, 0.3) is 0 Å². The van der Waals surface area contributed by atoms with E-state index in [1.807, 2.05) is 24.3 Å². The van der Waals surface area contributed by atoms with Crippen LogP contribution >= 0.6 is 27.5 Å². The maximum absolute atomic E-state index is 10.9. The topological polar surface area (TPSA) is 37.3 Å². The molecule has 0 bridgehead atoms. The quantitative estimate of drug-likeness (QED) is 0.888. The molecule has 0 saturated carbocycles. The molecular formula is C13H8BrClO2. The van der Waals surface area contributed by atoms with Crippen LogP contribution < -0.4 is 0 Å². The molecular weight excluding hydrogens is 303 g/mol. The molecule has 0 atom stereocenters. The summed E-state index contributed by atoms with van der Waals surface area (Å²) in [4.78, 5) is 10.9. The van der Waals surface area contributed by atoms with Gasteiger partial charge in [-0.05, 0) is 29.8 Å². The lowest BCUT2D eigenvalue weighted by Gasteiger charge is -2.07. The molecule has 0 aliphatic heterocycles. The molecule has 0 saturated heterocycles. The number of benzene rings is 2. The molecule has 2 rings (SSSR count). The SMILES string of the molecule is O=C(O)c1ccc(Cl)c(-c2ccccc2Br)c1. The Hall–Kier alpha value is -1.32. The van der Waals surface area contributed by atoms with E-state index in [1.165, 1.54) is 6.07 Å². The summed E-state index contributed by atoms with van der Waals surface area (Å²) in [7, 11) is 0. The Bertz CT molecular complexity index is 581. The number of rotatable bonds is 2. The first-order chi connectivity index (χ1) is 8.09. The lowest BCUT2D eigenvalue weighted by molar-refractivity contribution is 0.0697. The number of halogens is 2. The Kier molecular flexibility index (Phi) is 3.50. The van der Waals surface area contributed by atoms with Crippen LogP contribution in [0, 0.1) is 0 Å². The Morgan fingerprint density at radius 2 is 1.82 bits per heavy atom. The van der Waals surface area contributed by atoms with Gasteiger partial charge >= 0.3 is 5.97 Å². The number of carbonyl (C=O) groups is 1. The fraction of sp³-hybridized carbons (Fsp3) is 0. The van der Waals surface area contributed by atoms with Crippen molar-refractivity contribution in [2.45, 2.75) is 0 Å². The van der Waals surface area contributed by atoms with Crippen LogP contribution in [-0.2, 0) is 0 Å². The number of hydrogen-bond donors (Lipinski definition) is 1. The molecule has 2 aromatic carbocycles. The van der Waals surface area contributed by atoms with Crippen LogP contribution in [0.4, 0.5) is 0 Å². The first kappa shape index (κ1) is 12.1. The highest BCUT2D eigenvalue weighted by molar-refractivity contribution is 9.10. The normalized spacial score (nSPS) is 10.2. The monoisotopic (exact) mass is 310 g/mol. The van der Waals surface area contributed by atoms with Gasteiger partial charge in [0.1, 0.15) is 0 Å². The van der Waals surface area contributed by atoms with Gasteiger partial charge in [-0.1, -0.05) is 45.7 Å². The second kappa shape index (κ2) is 4.90. The molecule has 0 aliphatic rings. The van der Waals surface area contributed by atoms with Crippen LogP contribution in [0.1, 0.15) is 10.4 Å². The summed E-state index contributed by atoms with van der Waals surface area (Å²) in [6.07, 6.45) is 0. The van der Waals surface area contributed by atoms with Crippen molar-refractivity contribution >= 4 is 33.5 Å². The largest absolute Gasteiger partial charge is 0.478 e. The van der Waals surface area contributed by atoms with Gasteiger partial charge in [0.15, 0.2) is 0 Å². The fourth-order valence-electron chi connectivity index (χ4n) is 1.54. The zero-order valence-corrected chi connectivity index (χ0v) is 11.0. The highest BCUT2D eigenvalue weighted by atomic mass is 79.9. The van der Waals surface area contributed by atoms with Crippen LogP contribution in [0.3, 0.4) is 0 Å². The third-order valence-corrected chi connectivity index (χ3v) is 3.40. The molecule has 0 fully saturated rings. The van der Waals surface area contributed by atoms with Crippen LogP contribution in [0.5, 0.6) is 0 Å². The van der Waals surface area contributed by atoms with E-state index in [0.29, 0.717) is 10.6 Å². The highest BCUT2D eigenvalue weighted by Crippen LogP contribution is 2.33. The fourth-order valence-corrected chi connectivity index (χ4v) is 2.26. The summed E-state index contributed by atoms with van der Waals surface area (Å²) >= 11 is 9.52. The molecule has 86 valence electrons. The Morgan fingerprint density at radius 3 is 2.47 bits per heavy atom. The molecule has 0 aliphatic carbocycles. The molecule has 0 unspecified atom stereocenters.